The molecule has 1 aromatic heterocycles. The van der Waals surface area contributed by atoms with Crippen molar-refractivity contribution in [2.24, 2.45) is 0 Å². The average Bonchev–Trinajstić information content (AvgIpc) is 2.44. The van der Waals surface area contributed by atoms with Crippen molar-refractivity contribution < 1.29 is 0 Å². The Hall–Kier alpha value is -1.36. The molecule has 0 radical (unpaired) electrons. The number of aromatic nitrogens is 2. The third-order valence-electron chi connectivity index (χ3n) is 3.67. The van der Waals surface area contributed by atoms with Crippen LogP contribution in [0.1, 0.15) is 51.4 Å². The summed E-state index contributed by atoms with van der Waals surface area (Å²) in [4.78, 5) is 11.5. The maximum atomic E-state index is 4.69. The third kappa shape index (κ3) is 5.16. The van der Waals surface area contributed by atoms with Crippen LogP contribution in [0.2, 0.25) is 0 Å². The molecule has 5 heteroatoms. The number of nitrogens with zero attached hydrogens (tertiary/aromatic N) is 3. The summed E-state index contributed by atoms with van der Waals surface area (Å²) in [5.74, 6) is 3.11. The van der Waals surface area contributed by atoms with Crippen molar-refractivity contribution >= 4 is 11.6 Å². The number of likely N-dealkylation sites (N-methyl/N-ethyl adjacent to an activating group) is 1. The van der Waals surface area contributed by atoms with E-state index in [2.05, 4.69) is 69.2 Å². The molecule has 21 heavy (non-hydrogen) atoms. The van der Waals surface area contributed by atoms with E-state index in [-0.39, 0.29) is 0 Å². The van der Waals surface area contributed by atoms with Gasteiger partial charge in [-0.25, -0.2) is 9.97 Å². The molecule has 0 amide bonds. The van der Waals surface area contributed by atoms with Crippen molar-refractivity contribution in [2.75, 3.05) is 37.8 Å². The molecule has 0 aliphatic heterocycles. The summed E-state index contributed by atoms with van der Waals surface area (Å²) >= 11 is 0. The van der Waals surface area contributed by atoms with Crippen molar-refractivity contribution in [2.45, 2.75) is 53.0 Å². The van der Waals surface area contributed by atoms with E-state index in [9.17, 15) is 0 Å². The molecule has 1 aromatic rings. The van der Waals surface area contributed by atoms with E-state index >= 15 is 0 Å². The van der Waals surface area contributed by atoms with E-state index in [0.29, 0.717) is 12.0 Å². The Labute approximate surface area is 129 Å². The summed E-state index contributed by atoms with van der Waals surface area (Å²) < 4.78 is 0. The Bertz CT molecular complexity index is 443. The molecule has 1 atom stereocenters. The quantitative estimate of drug-likeness (QED) is 0.771. The summed E-state index contributed by atoms with van der Waals surface area (Å²) in [6.07, 6.45) is 1.08. The lowest BCUT2D eigenvalue weighted by atomic mass is 10.2. The summed E-state index contributed by atoms with van der Waals surface area (Å²) in [7, 11) is 4.18. The Morgan fingerprint density at radius 2 is 1.62 bits per heavy atom. The fraction of sp³-hybridized carbons (Fsp3) is 0.750. The highest BCUT2D eigenvalue weighted by Crippen LogP contribution is 2.23. The minimum atomic E-state index is 0.319. The molecular formula is C16H31N5. The van der Waals surface area contributed by atoms with Crippen molar-refractivity contribution in [3.8, 4) is 0 Å². The molecule has 2 N–H and O–H groups in total. The molecule has 120 valence electrons. The van der Waals surface area contributed by atoms with Crippen molar-refractivity contribution in [3.63, 3.8) is 0 Å². The summed E-state index contributed by atoms with van der Waals surface area (Å²) in [5, 5.41) is 6.88. The molecule has 0 fully saturated rings. The van der Waals surface area contributed by atoms with Crippen LogP contribution in [0.25, 0.3) is 0 Å². The van der Waals surface area contributed by atoms with Crippen LogP contribution in [0.4, 0.5) is 11.6 Å². The predicted octanol–water partition coefficient (Wildman–Crippen LogP) is 3.09. The van der Waals surface area contributed by atoms with Gasteiger partial charge in [-0.2, -0.15) is 0 Å². The molecule has 1 unspecified atom stereocenters. The Morgan fingerprint density at radius 1 is 1.05 bits per heavy atom. The van der Waals surface area contributed by atoms with Crippen LogP contribution in [0.5, 0.6) is 0 Å². The van der Waals surface area contributed by atoms with Gasteiger partial charge in [-0.3, -0.25) is 0 Å². The first-order valence-electron chi connectivity index (χ1n) is 7.89. The van der Waals surface area contributed by atoms with Gasteiger partial charge >= 0.3 is 0 Å². The molecule has 0 aliphatic carbocycles. The molecular weight excluding hydrogens is 262 g/mol. The molecule has 0 aliphatic rings. The van der Waals surface area contributed by atoms with Crippen LogP contribution < -0.4 is 10.6 Å². The molecule has 0 bridgehead atoms. The Balaban J connectivity index is 2.97. The maximum absolute atomic E-state index is 4.69. The SMILES string of the molecule is CCCNc1nc(C(C)C)nc(NCC(C)N(C)C)c1C. The minimum absolute atomic E-state index is 0.319. The lowest BCUT2D eigenvalue weighted by Crippen LogP contribution is -2.32. The first-order valence-corrected chi connectivity index (χ1v) is 7.89. The van der Waals surface area contributed by atoms with Crippen LogP contribution in [-0.4, -0.2) is 48.1 Å². The van der Waals surface area contributed by atoms with Gasteiger partial charge in [0.05, 0.1) is 0 Å². The topological polar surface area (TPSA) is 53.1 Å². The molecule has 1 rings (SSSR count). The van der Waals surface area contributed by atoms with Crippen molar-refractivity contribution in [1.29, 1.82) is 0 Å². The largest absolute Gasteiger partial charge is 0.370 e. The van der Waals surface area contributed by atoms with Crippen molar-refractivity contribution in [3.05, 3.63) is 11.4 Å². The monoisotopic (exact) mass is 293 g/mol. The number of hydrogen-bond donors (Lipinski definition) is 2. The normalized spacial score (nSPS) is 12.8. The summed E-state index contributed by atoms with van der Waals surface area (Å²) in [5.41, 5.74) is 1.10. The van der Waals surface area contributed by atoms with E-state index < -0.39 is 0 Å². The first kappa shape index (κ1) is 17.7. The van der Waals surface area contributed by atoms with Crippen molar-refractivity contribution in [1.82, 2.24) is 14.9 Å². The van der Waals surface area contributed by atoms with E-state index in [1.165, 1.54) is 0 Å². The van der Waals surface area contributed by atoms with Gasteiger partial charge in [0.1, 0.15) is 17.5 Å². The Kier molecular flexibility index (Phi) is 6.89. The van der Waals surface area contributed by atoms with Gasteiger partial charge < -0.3 is 15.5 Å². The lowest BCUT2D eigenvalue weighted by molar-refractivity contribution is 0.326. The number of anilines is 2. The van der Waals surface area contributed by atoms with E-state index in [1.54, 1.807) is 0 Å². The minimum Gasteiger partial charge on any atom is -0.370 e. The second kappa shape index (κ2) is 8.17. The highest BCUT2D eigenvalue weighted by Gasteiger charge is 2.14. The summed E-state index contributed by atoms with van der Waals surface area (Å²) in [6.45, 7) is 12.5. The van der Waals surface area contributed by atoms with Gasteiger partial charge in [0, 0.05) is 30.6 Å². The molecule has 5 nitrogen and oxygen atoms in total. The number of nitrogens with one attached hydrogen (secondary N) is 2. The highest BCUT2D eigenvalue weighted by molar-refractivity contribution is 5.57. The fourth-order valence-corrected chi connectivity index (χ4v) is 1.81. The van der Waals surface area contributed by atoms with Gasteiger partial charge in [0.25, 0.3) is 0 Å². The van der Waals surface area contributed by atoms with Gasteiger partial charge in [0.15, 0.2) is 0 Å². The zero-order chi connectivity index (χ0) is 16.0. The smallest absolute Gasteiger partial charge is 0.135 e. The van der Waals surface area contributed by atoms with Crippen LogP contribution in [0, 0.1) is 6.92 Å². The van der Waals surface area contributed by atoms with Crippen LogP contribution in [-0.2, 0) is 0 Å². The third-order valence-corrected chi connectivity index (χ3v) is 3.67. The standard InChI is InChI=1S/C16H31N5/c1-8-9-17-15-13(5)16(18-10-12(4)21(6)7)20-14(19-15)11(2)3/h11-12H,8-10H2,1-7H3,(H2,17,18,19,20). The second-order valence-corrected chi connectivity index (χ2v) is 6.18. The molecule has 1 heterocycles. The van der Waals surface area contributed by atoms with Gasteiger partial charge in [-0.05, 0) is 34.4 Å². The van der Waals surface area contributed by atoms with E-state index in [1.807, 2.05) is 0 Å². The highest BCUT2D eigenvalue weighted by atomic mass is 15.1. The van der Waals surface area contributed by atoms with Crippen LogP contribution in [0.15, 0.2) is 0 Å². The van der Waals surface area contributed by atoms with Gasteiger partial charge in [-0.15, -0.1) is 0 Å². The first-order chi connectivity index (χ1) is 9.86. The summed E-state index contributed by atoms with van der Waals surface area (Å²) in [6, 6.07) is 0.453. The van der Waals surface area contributed by atoms with Gasteiger partial charge in [-0.1, -0.05) is 20.8 Å². The predicted molar refractivity (Wildman–Crippen MR) is 91.3 cm³/mol. The fourth-order valence-electron chi connectivity index (χ4n) is 1.81. The van der Waals surface area contributed by atoms with E-state index in [0.717, 1.165) is 42.5 Å². The zero-order valence-corrected chi connectivity index (χ0v) is 14.6. The zero-order valence-electron chi connectivity index (χ0n) is 14.6. The number of rotatable bonds is 8. The molecule has 0 saturated carbocycles. The Morgan fingerprint density at radius 3 is 2.10 bits per heavy atom. The molecule has 0 aromatic carbocycles. The average molecular weight is 293 g/mol. The molecule has 0 saturated heterocycles. The van der Waals surface area contributed by atoms with Gasteiger partial charge in [0.2, 0.25) is 0 Å². The second-order valence-electron chi connectivity index (χ2n) is 6.18. The van der Waals surface area contributed by atoms with Crippen LogP contribution >= 0.6 is 0 Å². The number of hydrogen-bond acceptors (Lipinski definition) is 5. The lowest BCUT2D eigenvalue weighted by Gasteiger charge is -2.22. The van der Waals surface area contributed by atoms with E-state index in [4.69, 9.17) is 4.98 Å². The van der Waals surface area contributed by atoms with Crippen LogP contribution in [0.3, 0.4) is 0 Å². The molecule has 0 spiro atoms. The maximum Gasteiger partial charge on any atom is 0.135 e.